The molecule has 0 aliphatic carbocycles. The Hall–Kier alpha value is -2.08. The Labute approximate surface area is 101 Å². The van der Waals surface area contributed by atoms with Gasteiger partial charge in [-0.1, -0.05) is 11.2 Å². The Morgan fingerprint density at radius 3 is 3.06 bits per heavy atom. The molecule has 0 amide bonds. The van der Waals surface area contributed by atoms with Crippen LogP contribution in [0.3, 0.4) is 0 Å². The molecule has 0 saturated heterocycles. The SMILES string of the molecule is Cc1ncncc1-c1nc(-c2cccs2)no1. The number of thiophene rings is 1. The summed E-state index contributed by atoms with van der Waals surface area (Å²) in [5.74, 6) is 1.05. The number of hydrogen-bond acceptors (Lipinski definition) is 6. The third-order valence-corrected chi connectivity index (χ3v) is 3.18. The van der Waals surface area contributed by atoms with Crippen LogP contribution in [-0.2, 0) is 0 Å². The number of aromatic nitrogens is 4. The normalized spacial score (nSPS) is 10.6. The summed E-state index contributed by atoms with van der Waals surface area (Å²) >= 11 is 1.57. The maximum Gasteiger partial charge on any atom is 0.261 e. The van der Waals surface area contributed by atoms with Crippen LogP contribution in [-0.4, -0.2) is 20.1 Å². The first kappa shape index (κ1) is 10.1. The Morgan fingerprint density at radius 1 is 1.35 bits per heavy atom. The molecule has 0 spiro atoms. The maximum atomic E-state index is 5.22. The molecule has 0 radical (unpaired) electrons. The van der Waals surface area contributed by atoms with Crippen molar-refractivity contribution in [3.8, 4) is 22.2 Å². The molecule has 3 rings (SSSR count). The van der Waals surface area contributed by atoms with E-state index in [0.717, 1.165) is 16.1 Å². The molecule has 5 nitrogen and oxygen atoms in total. The molecule has 0 fully saturated rings. The smallest absolute Gasteiger partial charge is 0.261 e. The van der Waals surface area contributed by atoms with Crippen molar-refractivity contribution in [2.45, 2.75) is 6.92 Å². The lowest BCUT2D eigenvalue weighted by Gasteiger charge is -1.95. The summed E-state index contributed by atoms with van der Waals surface area (Å²) in [5.41, 5.74) is 1.59. The standard InChI is InChI=1S/C11H8N4OS/c1-7-8(5-12-6-13-7)11-14-10(15-16-11)9-3-2-4-17-9/h2-6H,1H3. The zero-order chi connectivity index (χ0) is 11.7. The van der Waals surface area contributed by atoms with Crippen molar-refractivity contribution in [1.29, 1.82) is 0 Å². The van der Waals surface area contributed by atoms with Gasteiger partial charge in [0.1, 0.15) is 6.33 Å². The summed E-state index contributed by atoms with van der Waals surface area (Å²) < 4.78 is 5.22. The number of nitrogens with zero attached hydrogens (tertiary/aromatic N) is 4. The molecule has 3 heterocycles. The minimum atomic E-state index is 0.450. The van der Waals surface area contributed by atoms with Gasteiger partial charge in [-0.05, 0) is 18.4 Å². The summed E-state index contributed by atoms with van der Waals surface area (Å²) in [6, 6.07) is 3.90. The van der Waals surface area contributed by atoms with E-state index in [0.29, 0.717) is 11.7 Å². The summed E-state index contributed by atoms with van der Waals surface area (Å²) in [5, 5.41) is 5.92. The van der Waals surface area contributed by atoms with E-state index >= 15 is 0 Å². The average Bonchev–Trinajstić information content (AvgIpc) is 3.00. The summed E-state index contributed by atoms with van der Waals surface area (Å²) in [4.78, 5) is 13.4. The van der Waals surface area contributed by atoms with E-state index in [1.807, 2.05) is 24.4 Å². The lowest BCUT2D eigenvalue weighted by Crippen LogP contribution is -1.88. The van der Waals surface area contributed by atoms with Crippen molar-refractivity contribution >= 4 is 11.3 Å². The molecule has 0 bridgehead atoms. The van der Waals surface area contributed by atoms with Crippen LogP contribution in [0.4, 0.5) is 0 Å². The van der Waals surface area contributed by atoms with E-state index < -0.39 is 0 Å². The highest BCUT2D eigenvalue weighted by Gasteiger charge is 2.13. The van der Waals surface area contributed by atoms with Gasteiger partial charge in [0.2, 0.25) is 5.82 Å². The minimum absolute atomic E-state index is 0.450. The molecule has 0 N–H and O–H groups in total. The average molecular weight is 244 g/mol. The van der Waals surface area contributed by atoms with Gasteiger partial charge in [-0.2, -0.15) is 4.98 Å². The zero-order valence-corrected chi connectivity index (χ0v) is 9.81. The van der Waals surface area contributed by atoms with Crippen LogP contribution in [0, 0.1) is 6.92 Å². The van der Waals surface area contributed by atoms with Crippen LogP contribution in [0.15, 0.2) is 34.6 Å². The fourth-order valence-electron chi connectivity index (χ4n) is 1.44. The lowest BCUT2D eigenvalue weighted by atomic mass is 10.2. The third kappa shape index (κ3) is 1.83. The van der Waals surface area contributed by atoms with Crippen molar-refractivity contribution in [3.05, 3.63) is 35.7 Å². The summed E-state index contributed by atoms with van der Waals surface area (Å²) in [6.45, 7) is 1.88. The second-order valence-electron chi connectivity index (χ2n) is 3.42. The van der Waals surface area contributed by atoms with Crippen molar-refractivity contribution in [2.24, 2.45) is 0 Å². The van der Waals surface area contributed by atoms with Gasteiger partial charge in [0.05, 0.1) is 16.1 Å². The van der Waals surface area contributed by atoms with Crippen LogP contribution in [0.1, 0.15) is 5.69 Å². The first-order valence-electron chi connectivity index (χ1n) is 4.99. The number of hydrogen-bond donors (Lipinski definition) is 0. The molecular formula is C11H8N4OS. The molecule has 6 heteroatoms. The molecule has 3 aromatic rings. The maximum absolute atomic E-state index is 5.22. The van der Waals surface area contributed by atoms with Gasteiger partial charge >= 0.3 is 0 Å². The van der Waals surface area contributed by atoms with E-state index in [9.17, 15) is 0 Å². The van der Waals surface area contributed by atoms with E-state index in [1.54, 1.807) is 17.5 Å². The lowest BCUT2D eigenvalue weighted by molar-refractivity contribution is 0.432. The van der Waals surface area contributed by atoms with Crippen molar-refractivity contribution in [3.63, 3.8) is 0 Å². The van der Waals surface area contributed by atoms with Gasteiger partial charge in [-0.15, -0.1) is 11.3 Å². The van der Waals surface area contributed by atoms with Crippen molar-refractivity contribution in [1.82, 2.24) is 20.1 Å². The third-order valence-electron chi connectivity index (χ3n) is 2.31. The quantitative estimate of drug-likeness (QED) is 0.693. The number of rotatable bonds is 2. The monoisotopic (exact) mass is 244 g/mol. The Balaban J connectivity index is 2.04. The molecule has 0 aliphatic rings. The first-order valence-corrected chi connectivity index (χ1v) is 5.87. The molecule has 0 atom stereocenters. The van der Waals surface area contributed by atoms with Crippen LogP contribution >= 0.6 is 11.3 Å². The van der Waals surface area contributed by atoms with Gasteiger partial charge in [-0.25, -0.2) is 9.97 Å². The zero-order valence-electron chi connectivity index (χ0n) is 8.99. The molecular weight excluding hydrogens is 236 g/mol. The molecule has 3 aromatic heterocycles. The topological polar surface area (TPSA) is 64.7 Å². The number of aryl methyl sites for hydroxylation is 1. The van der Waals surface area contributed by atoms with E-state index in [-0.39, 0.29) is 0 Å². The fourth-order valence-corrected chi connectivity index (χ4v) is 2.09. The van der Waals surface area contributed by atoms with Gasteiger partial charge in [0.25, 0.3) is 5.89 Å². The van der Waals surface area contributed by atoms with Crippen LogP contribution < -0.4 is 0 Å². The van der Waals surface area contributed by atoms with Crippen LogP contribution in [0.5, 0.6) is 0 Å². The fraction of sp³-hybridized carbons (Fsp3) is 0.0909. The van der Waals surface area contributed by atoms with Crippen molar-refractivity contribution < 1.29 is 4.52 Å². The minimum Gasteiger partial charge on any atom is -0.333 e. The molecule has 0 unspecified atom stereocenters. The Kier molecular flexibility index (Phi) is 2.41. The van der Waals surface area contributed by atoms with E-state index in [2.05, 4.69) is 20.1 Å². The van der Waals surface area contributed by atoms with Crippen molar-refractivity contribution in [2.75, 3.05) is 0 Å². The highest BCUT2D eigenvalue weighted by atomic mass is 32.1. The summed E-state index contributed by atoms with van der Waals surface area (Å²) in [6.07, 6.45) is 3.17. The molecule has 0 aromatic carbocycles. The second-order valence-corrected chi connectivity index (χ2v) is 4.37. The predicted octanol–water partition coefficient (Wildman–Crippen LogP) is 2.56. The second kappa shape index (κ2) is 4.06. The molecule has 84 valence electrons. The largest absolute Gasteiger partial charge is 0.333 e. The van der Waals surface area contributed by atoms with Gasteiger partial charge in [-0.3, -0.25) is 0 Å². The summed E-state index contributed by atoms with van der Waals surface area (Å²) in [7, 11) is 0. The Morgan fingerprint density at radius 2 is 2.29 bits per heavy atom. The van der Waals surface area contributed by atoms with Gasteiger partial charge < -0.3 is 4.52 Å². The van der Waals surface area contributed by atoms with E-state index in [4.69, 9.17) is 4.52 Å². The van der Waals surface area contributed by atoms with Gasteiger partial charge in [0, 0.05) is 6.20 Å². The Bertz CT molecular complexity index is 632. The van der Waals surface area contributed by atoms with Crippen LogP contribution in [0.2, 0.25) is 0 Å². The highest BCUT2D eigenvalue weighted by molar-refractivity contribution is 7.13. The first-order chi connectivity index (χ1) is 8.34. The highest BCUT2D eigenvalue weighted by Crippen LogP contribution is 2.25. The predicted molar refractivity (Wildman–Crippen MR) is 63.4 cm³/mol. The molecule has 0 aliphatic heterocycles. The van der Waals surface area contributed by atoms with E-state index in [1.165, 1.54) is 6.33 Å². The molecule has 0 saturated carbocycles. The molecule has 17 heavy (non-hydrogen) atoms. The van der Waals surface area contributed by atoms with Crippen LogP contribution in [0.25, 0.3) is 22.2 Å². The van der Waals surface area contributed by atoms with Gasteiger partial charge in [0.15, 0.2) is 0 Å².